The number of anilines is 1. The third-order valence-electron chi connectivity index (χ3n) is 2.89. The summed E-state index contributed by atoms with van der Waals surface area (Å²) in [6, 6.07) is 12.2. The van der Waals surface area contributed by atoms with Gasteiger partial charge in [0.15, 0.2) is 0 Å². The van der Waals surface area contributed by atoms with Crippen molar-refractivity contribution in [3.63, 3.8) is 0 Å². The van der Waals surface area contributed by atoms with E-state index in [1.807, 2.05) is 31.3 Å². The van der Waals surface area contributed by atoms with Crippen LogP contribution in [0.2, 0.25) is 5.02 Å². The maximum atomic E-state index is 13.0. The van der Waals surface area contributed by atoms with E-state index in [1.165, 1.54) is 12.1 Å². The Hall–Kier alpha value is -1.58. The quantitative estimate of drug-likeness (QED) is 0.864. The van der Waals surface area contributed by atoms with Gasteiger partial charge in [0.1, 0.15) is 5.82 Å². The first kappa shape index (κ1) is 13.8. The summed E-state index contributed by atoms with van der Waals surface area (Å²) < 4.78 is 13.0. The predicted molar refractivity (Wildman–Crippen MR) is 77.4 cm³/mol. The highest BCUT2D eigenvalue weighted by Crippen LogP contribution is 2.17. The molecule has 0 aliphatic rings. The number of halogens is 2. The van der Waals surface area contributed by atoms with Crippen molar-refractivity contribution in [2.24, 2.45) is 0 Å². The Labute approximate surface area is 117 Å². The number of nitrogen functional groups attached to an aromatic ring is 1. The van der Waals surface area contributed by atoms with E-state index in [1.54, 1.807) is 6.07 Å². The minimum atomic E-state index is -0.307. The van der Waals surface area contributed by atoms with Crippen molar-refractivity contribution < 1.29 is 4.39 Å². The van der Waals surface area contributed by atoms with Crippen LogP contribution in [0.3, 0.4) is 0 Å². The van der Waals surface area contributed by atoms with Gasteiger partial charge in [0, 0.05) is 23.8 Å². The van der Waals surface area contributed by atoms with Crippen LogP contribution in [0.1, 0.15) is 11.1 Å². The standard InChI is InChI=1S/C15H16ClFN2/c1-19(9-11-3-2-4-13(16)7-11)10-12-5-6-14(17)8-15(12)18/h2-8H,9-10,18H2,1H3. The van der Waals surface area contributed by atoms with Crippen LogP contribution >= 0.6 is 11.6 Å². The number of hydrogen-bond donors (Lipinski definition) is 1. The molecule has 0 spiro atoms. The lowest BCUT2D eigenvalue weighted by Crippen LogP contribution is -2.18. The molecule has 0 unspecified atom stereocenters. The number of rotatable bonds is 4. The fourth-order valence-electron chi connectivity index (χ4n) is 2.00. The fourth-order valence-corrected chi connectivity index (χ4v) is 2.22. The Kier molecular flexibility index (Phi) is 4.40. The van der Waals surface area contributed by atoms with Crippen LogP contribution in [0.15, 0.2) is 42.5 Å². The largest absolute Gasteiger partial charge is 0.398 e. The Bertz CT molecular complexity index is 572. The van der Waals surface area contributed by atoms with Gasteiger partial charge < -0.3 is 5.73 Å². The van der Waals surface area contributed by atoms with E-state index in [-0.39, 0.29) is 5.82 Å². The molecule has 4 heteroatoms. The maximum Gasteiger partial charge on any atom is 0.125 e. The fraction of sp³-hybridized carbons (Fsp3) is 0.200. The lowest BCUT2D eigenvalue weighted by atomic mass is 10.1. The summed E-state index contributed by atoms with van der Waals surface area (Å²) in [4.78, 5) is 2.11. The van der Waals surface area contributed by atoms with Crippen molar-refractivity contribution in [2.45, 2.75) is 13.1 Å². The lowest BCUT2D eigenvalue weighted by molar-refractivity contribution is 0.319. The number of nitrogens with zero attached hydrogens (tertiary/aromatic N) is 1. The number of benzene rings is 2. The van der Waals surface area contributed by atoms with Crippen molar-refractivity contribution in [1.29, 1.82) is 0 Å². The Balaban J connectivity index is 2.03. The van der Waals surface area contributed by atoms with Crippen LogP contribution in [0.5, 0.6) is 0 Å². The average molecular weight is 279 g/mol. The van der Waals surface area contributed by atoms with E-state index in [4.69, 9.17) is 17.3 Å². The Morgan fingerprint density at radius 2 is 1.95 bits per heavy atom. The highest BCUT2D eigenvalue weighted by atomic mass is 35.5. The number of nitrogens with two attached hydrogens (primary N) is 1. The third kappa shape index (κ3) is 3.94. The molecule has 2 rings (SSSR count). The molecule has 0 fully saturated rings. The smallest absolute Gasteiger partial charge is 0.125 e. The highest BCUT2D eigenvalue weighted by molar-refractivity contribution is 6.30. The molecule has 2 aromatic rings. The number of hydrogen-bond acceptors (Lipinski definition) is 2. The molecule has 2 nitrogen and oxygen atoms in total. The van der Waals surface area contributed by atoms with Gasteiger partial charge in [-0.05, 0) is 42.4 Å². The second kappa shape index (κ2) is 6.04. The molecule has 0 aromatic heterocycles. The summed E-state index contributed by atoms with van der Waals surface area (Å²) in [7, 11) is 1.99. The van der Waals surface area contributed by atoms with Crippen LogP contribution < -0.4 is 5.73 Å². The molecule has 100 valence electrons. The second-order valence-electron chi connectivity index (χ2n) is 4.65. The molecule has 0 amide bonds. The molecular weight excluding hydrogens is 263 g/mol. The summed E-state index contributed by atoms with van der Waals surface area (Å²) in [6.45, 7) is 1.43. The molecule has 0 saturated carbocycles. The van der Waals surface area contributed by atoms with Crippen LogP contribution in [-0.2, 0) is 13.1 Å². The summed E-state index contributed by atoms with van der Waals surface area (Å²) in [5, 5.41) is 0.729. The van der Waals surface area contributed by atoms with Crippen molar-refractivity contribution in [2.75, 3.05) is 12.8 Å². The molecule has 0 aliphatic heterocycles. The zero-order valence-corrected chi connectivity index (χ0v) is 11.5. The van der Waals surface area contributed by atoms with Gasteiger partial charge in [-0.2, -0.15) is 0 Å². The van der Waals surface area contributed by atoms with Crippen molar-refractivity contribution >= 4 is 17.3 Å². The second-order valence-corrected chi connectivity index (χ2v) is 5.08. The van der Waals surface area contributed by atoms with Gasteiger partial charge >= 0.3 is 0 Å². The molecule has 0 aliphatic carbocycles. The summed E-state index contributed by atoms with van der Waals surface area (Å²) >= 11 is 5.95. The Morgan fingerprint density at radius 3 is 2.63 bits per heavy atom. The zero-order chi connectivity index (χ0) is 13.8. The molecule has 0 bridgehead atoms. The third-order valence-corrected chi connectivity index (χ3v) is 3.12. The van der Waals surface area contributed by atoms with Gasteiger partial charge in [-0.1, -0.05) is 29.8 Å². The minimum Gasteiger partial charge on any atom is -0.398 e. The molecule has 0 heterocycles. The van der Waals surface area contributed by atoms with Crippen LogP contribution in [-0.4, -0.2) is 11.9 Å². The van der Waals surface area contributed by atoms with E-state index >= 15 is 0 Å². The first-order valence-corrected chi connectivity index (χ1v) is 6.39. The van der Waals surface area contributed by atoms with Crippen molar-refractivity contribution in [1.82, 2.24) is 4.90 Å². The molecule has 2 aromatic carbocycles. The molecular formula is C15H16ClFN2. The van der Waals surface area contributed by atoms with E-state index in [2.05, 4.69) is 4.90 Å². The predicted octanol–water partition coefficient (Wildman–Crippen LogP) is 3.69. The zero-order valence-electron chi connectivity index (χ0n) is 10.7. The van der Waals surface area contributed by atoms with E-state index in [9.17, 15) is 4.39 Å². The van der Waals surface area contributed by atoms with Crippen molar-refractivity contribution in [3.05, 3.63) is 64.4 Å². The first-order valence-electron chi connectivity index (χ1n) is 6.01. The van der Waals surface area contributed by atoms with Gasteiger partial charge in [0.05, 0.1) is 0 Å². The molecule has 0 radical (unpaired) electrons. The van der Waals surface area contributed by atoms with Gasteiger partial charge in [-0.25, -0.2) is 4.39 Å². The summed E-state index contributed by atoms with van der Waals surface area (Å²) in [5.41, 5.74) is 8.34. The molecule has 0 saturated heterocycles. The lowest BCUT2D eigenvalue weighted by Gasteiger charge is -2.18. The maximum absolute atomic E-state index is 13.0. The van der Waals surface area contributed by atoms with Gasteiger partial charge in [-0.3, -0.25) is 4.90 Å². The molecule has 0 atom stereocenters. The monoisotopic (exact) mass is 278 g/mol. The van der Waals surface area contributed by atoms with Gasteiger partial charge in [0.2, 0.25) is 0 Å². The van der Waals surface area contributed by atoms with Gasteiger partial charge in [-0.15, -0.1) is 0 Å². The van der Waals surface area contributed by atoms with E-state index < -0.39 is 0 Å². The van der Waals surface area contributed by atoms with Gasteiger partial charge in [0.25, 0.3) is 0 Å². The topological polar surface area (TPSA) is 29.3 Å². The SMILES string of the molecule is CN(Cc1cccc(Cl)c1)Cc1ccc(F)cc1N. The highest BCUT2D eigenvalue weighted by Gasteiger charge is 2.06. The average Bonchev–Trinajstić information content (AvgIpc) is 2.33. The van der Waals surface area contributed by atoms with Crippen LogP contribution in [0, 0.1) is 5.82 Å². The van der Waals surface area contributed by atoms with E-state index in [0.29, 0.717) is 12.2 Å². The van der Waals surface area contributed by atoms with Crippen LogP contribution in [0.4, 0.5) is 10.1 Å². The van der Waals surface area contributed by atoms with E-state index in [0.717, 1.165) is 22.7 Å². The summed E-state index contributed by atoms with van der Waals surface area (Å²) in [5.74, 6) is -0.307. The molecule has 2 N–H and O–H groups in total. The summed E-state index contributed by atoms with van der Waals surface area (Å²) in [6.07, 6.45) is 0. The van der Waals surface area contributed by atoms with Crippen LogP contribution in [0.25, 0.3) is 0 Å². The first-order chi connectivity index (χ1) is 9.04. The molecule has 19 heavy (non-hydrogen) atoms. The normalized spacial score (nSPS) is 10.9. The minimum absolute atomic E-state index is 0.307. The van der Waals surface area contributed by atoms with Crippen molar-refractivity contribution in [3.8, 4) is 0 Å². The Morgan fingerprint density at radius 1 is 1.16 bits per heavy atom.